The van der Waals surface area contributed by atoms with Crippen LogP contribution in [0.15, 0.2) is 18.2 Å². The summed E-state index contributed by atoms with van der Waals surface area (Å²) in [6.07, 6.45) is 0. The van der Waals surface area contributed by atoms with Gasteiger partial charge in [0.1, 0.15) is 0 Å². The lowest BCUT2D eigenvalue weighted by molar-refractivity contribution is -0.394. The van der Waals surface area contributed by atoms with E-state index in [0.29, 0.717) is 13.1 Å². The Balaban J connectivity index is 3.07. The number of likely N-dealkylation sites (N-methyl/N-ethyl adjacent to an activating group) is 2. The van der Waals surface area contributed by atoms with E-state index in [-0.39, 0.29) is 18.0 Å². The summed E-state index contributed by atoms with van der Waals surface area (Å²) in [5.74, 6) is -0.988. The van der Waals surface area contributed by atoms with E-state index in [9.17, 15) is 29.8 Å². The van der Waals surface area contributed by atoms with E-state index in [1.54, 1.807) is 13.8 Å². The van der Waals surface area contributed by atoms with Crippen LogP contribution < -0.4 is 0 Å². The molecule has 1 rings (SSSR count). The normalized spacial score (nSPS) is 10.1. The van der Waals surface area contributed by atoms with Crippen molar-refractivity contribution in [3.8, 4) is 0 Å². The van der Waals surface area contributed by atoms with Gasteiger partial charge in [0.15, 0.2) is 0 Å². The largest absolute Gasteiger partial charge is 0.342 e. The number of rotatable bonds is 7. The van der Waals surface area contributed by atoms with E-state index in [0.717, 1.165) is 23.1 Å². The molecule has 0 spiro atoms. The topological polar surface area (TPSA) is 127 Å². The monoisotopic (exact) mass is 338 g/mol. The fourth-order valence-electron chi connectivity index (χ4n) is 2.10. The Hall–Kier alpha value is -3.04. The van der Waals surface area contributed by atoms with Crippen LogP contribution >= 0.6 is 0 Å². The molecule has 0 aliphatic carbocycles. The molecule has 0 atom stereocenters. The second-order valence-electron chi connectivity index (χ2n) is 4.98. The van der Waals surface area contributed by atoms with Crippen LogP contribution in [0.4, 0.5) is 11.4 Å². The van der Waals surface area contributed by atoms with Crippen LogP contribution in [0.3, 0.4) is 0 Å². The van der Waals surface area contributed by atoms with E-state index >= 15 is 0 Å². The summed E-state index contributed by atoms with van der Waals surface area (Å²) >= 11 is 0. The first kappa shape index (κ1) is 19.0. The first-order valence-corrected chi connectivity index (χ1v) is 7.18. The molecular formula is C14H18N4O6. The summed E-state index contributed by atoms with van der Waals surface area (Å²) in [4.78, 5) is 47.1. The zero-order chi connectivity index (χ0) is 18.4. The molecule has 0 bridgehead atoms. The Morgan fingerprint density at radius 2 is 1.46 bits per heavy atom. The van der Waals surface area contributed by atoms with Gasteiger partial charge < -0.3 is 9.80 Å². The summed E-state index contributed by atoms with van der Waals surface area (Å²) in [6, 6.07) is 2.68. The number of carbonyl (C=O) groups is 2. The number of amides is 2. The lowest BCUT2D eigenvalue weighted by atomic mass is 10.1. The van der Waals surface area contributed by atoms with Crippen LogP contribution in [0.2, 0.25) is 0 Å². The number of non-ortho nitro benzene ring substituents is 2. The highest BCUT2D eigenvalue weighted by molar-refractivity contribution is 5.97. The Bertz CT molecular complexity index is 639. The molecule has 2 amide bonds. The highest BCUT2D eigenvalue weighted by atomic mass is 16.6. The molecule has 0 saturated carbocycles. The molecule has 0 aliphatic rings. The molecule has 1 aromatic rings. The summed E-state index contributed by atoms with van der Waals surface area (Å²) in [7, 11) is 1.36. The molecule has 0 aromatic heterocycles. The van der Waals surface area contributed by atoms with E-state index in [2.05, 4.69) is 0 Å². The average molecular weight is 338 g/mol. The van der Waals surface area contributed by atoms with Crippen molar-refractivity contribution < 1.29 is 19.4 Å². The van der Waals surface area contributed by atoms with Gasteiger partial charge in [0, 0.05) is 32.3 Å². The minimum absolute atomic E-state index is 0.217. The van der Waals surface area contributed by atoms with Crippen molar-refractivity contribution in [2.45, 2.75) is 13.8 Å². The molecule has 10 nitrogen and oxygen atoms in total. The maximum atomic E-state index is 12.3. The van der Waals surface area contributed by atoms with Gasteiger partial charge in [-0.05, 0) is 13.8 Å². The van der Waals surface area contributed by atoms with Gasteiger partial charge in [-0.25, -0.2) is 0 Å². The molecule has 0 radical (unpaired) electrons. The van der Waals surface area contributed by atoms with Gasteiger partial charge in [0.05, 0.1) is 28.0 Å². The summed E-state index contributed by atoms with van der Waals surface area (Å²) in [5.41, 5.74) is -1.34. The smallest absolute Gasteiger partial charge is 0.277 e. The summed E-state index contributed by atoms with van der Waals surface area (Å²) in [5, 5.41) is 21.7. The Morgan fingerprint density at radius 1 is 1.00 bits per heavy atom. The van der Waals surface area contributed by atoms with Crippen molar-refractivity contribution in [1.29, 1.82) is 0 Å². The zero-order valence-electron chi connectivity index (χ0n) is 13.6. The second-order valence-corrected chi connectivity index (χ2v) is 4.98. The lowest BCUT2D eigenvalue weighted by Crippen LogP contribution is -2.41. The molecule has 0 unspecified atom stereocenters. The molecule has 24 heavy (non-hydrogen) atoms. The van der Waals surface area contributed by atoms with Crippen LogP contribution in [0, 0.1) is 20.2 Å². The number of hydrogen-bond acceptors (Lipinski definition) is 6. The average Bonchev–Trinajstić information content (AvgIpc) is 2.54. The van der Waals surface area contributed by atoms with E-state index in [1.807, 2.05) is 0 Å². The third kappa shape index (κ3) is 4.48. The molecule has 0 saturated heterocycles. The number of benzene rings is 1. The van der Waals surface area contributed by atoms with Crippen LogP contribution in [0.5, 0.6) is 0 Å². The molecule has 0 heterocycles. The van der Waals surface area contributed by atoms with Crippen molar-refractivity contribution in [2.75, 3.05) is 26.7 Å². The van der Waals surface area contributed by atoms with E-state index in [4.69, 9.17) is 0 Å². The van der Waals surface area contributed by atoms with Crippen LogP contribution in [-0.2, 0) is 4.79 Å². The highest BCUT2D eigenvalue weighted by Crippen LogP contribution is 2.23. The van der Waals surface area contributed by atoms with Gasteiger partial charge in [-0.1, -0.05) is 0 Å². The quantitative estimate of drug-likeness (QED) is 0.547. The molecule has 1 aromatic carbocycles. The number of nitrogens with zero attached hydrogens (tertiary/aromatic N) is 4. The summed E-state index contributed by atoms with van der Waals surface area (Å²) < 4.78 is 0. The molecule has 0 N–H and O–H groups in total. The molecule has 130 valence electrons. The maximum Gasteiger partial charge on any atom is 0.277 e. The second kappa shape index (κ2) is 7.99. The predicted molar refractivity (Wildman–Crippen MR) is 84.6 cm³/mol. The fraction of sp³-hybridized carbons (Fsp3) is 0.429. The number of carbonyl (C=O) groups excluding carboxylic acids is 2. The Morgan fingerprint density at radius 3 is 1.83 bits per heavy atom. The van der Waals surface area contributed by atoms with E-state index in [1.165, 1.54) is 11.9 Å². The summed E-state index contributed by atoms with van der Waals surface area (Å²) in [6.45, 7) is 4.34. The van der Waals surface area contributed by atoms with Gasteiger partial charge in [-0.2, -0.15) is 0 Å². The van der Waals surface area contributed by atoms with Crippen molar-refractivity contribution in [1.82, 2.24) is 9.80 Å². The van der Waals surface area contributed by atoms with Gasteiger partial charge in [0.25, 0.3) is 17.3 Å². The zero-order valence-corrected chi connectivity index (χ0v) is 13.6. The van der Waals surface area contributed by atoms with Gasteiger partial charge in [-0.15, -0.1) is 0 Å². The first-order valence-electron chi connectivity index (χ1n) is 7.18. The van der Waals surface area contributed by atoms with Gasteiger partial charge >= 0.3 is 0 Å². The standard InChI is InChI=1S/C14H18N4O6/c1-4-16(5-2)13(19)9-15(3)14(20)10-6-11(17(21)22)8-12(7-10)18(23)24/h6-8H,4-5,9H2,1-3H3. The van der Waals surface area contributed by atoms with Crippen LogP contribution in [-0.4, -0.2) is 58.1 Å². The fourth-order valence-corrected chi connectivity index (χ4v) is 2.10. The van der Waals surface area contributed by atoms with Crippen LogP contribution in [0.1, 0.15) is 24.2 Å². The number of nitro benzene ring substituents is 2. The minimum Gasteiger partial charge on any atom is -0.342 e. The van der Waals surface area contributed by atoms with Crippen molar-refractivity contribution in [2.24, 2.45) is 0 Å². The highest BCUT2D eigenvalue weighted by Gasteiger charge is 2.23. The number of hydrogen-bond donors (Lipinski definition) is 0. The van der Waals surface area contributed by atoms with Gasteiger partial charge in [0.2, 0.25) is 5.91 Å². The lowest BCUT2D eigenvalue weighted by Gasteiger charge is -2.23. The molecular weight excluding hydrogens is 320 g/mol. The number of nitro groups is 2. The third-order valence-corrected chi connectivity index (χ3v) is 3.41. The third-order valence-electron chi connectivity index (χ3n) is 3.41. The molecule has 0 fully saturated rings. The van der Waals surface area contributed by atoms with Crippen molar-refractivity contribution in [3.05, 3.63) is 44.0 Å². The first-order chi connectivity index (χ1) is 11.2. The van der Waals surface area contributed by atoms with E-state index < -0.39 is 27.1 Å². The molecule has 10 heteroatoms. The van der Waals surface area contributed by atoms with Gasteiger partial charge in [-0.3, -0.25) is 29.8 Å². The van der Waals surface area contributed by atoms with Crippen molar-refractivity contribution >= 4 is 23.2 Å². The maximum absolute atomic E-state index is 12.3. The predicted octanol–water partition coefficient (Wildman–Crippen LogP) is 1.44. The van der Waals surface area contributed by atoms with Crippen LogP contribution in [0.25, 0.3) is 0 Å². The van der Waals surface area contributed by atoms with Crippen molar-refractivity contribution in [3.63, 3.8) is 0 Å². The minimum atomic E-state index is -0.815. The Labute approximate surface area is 137 Å². The Kier molecular flexibility index (Phi) is 6.33. The SMILES string of the molecule is CCN(CC)C(=O)CN(C)C(=O)c1cc([N+](=O)[O-])cc([N+](=O)[O-])c1. The molecule has 0 aliphatic heterocycles.